The Hall–Kier alpha value is -3.19. The molecule has 0 bridgehead atoms. The fraction of sp³-hybridized carbons (Fsp3) is 0.294. The van der Waals surface area contributed by atoms with Gasteiger partial charge in [0.05, 0.1) is 23.9 Å². The van der Waals surface area contributed by atoms with Crippen molar-refractivity contribution in [2.45, 2.75) is 32.7 Å². The summed E-state index contributed by atoms with van der Waals surface area (Å²) in [6.07, 6.45) is -5.56. The first-order valence-electron chi connectivity index (χ1n) is 7.69. The van der Waals surface area contributed by atoms with Gasteiger partial charge in [-0.2, -0.15) is 23.5 Å². The van der Waals surface area contributed by atoms with Crippen molar-refractivity contribution in [3.63, 3.8) is 0 Å². The fourth-order valence-corrected chi connectivity index (χ4v) is 2.34. The average Bonchev–Trinajstić information content (AvgIpc) is 2.58. The van der Waals surface area contributed by atoms with E-state index in [2.05, 4.69) is 10.2 Å². The molecule has 0 spiro atoms. The Bertz CT molecular complexity index is 989. The molecule has 2 rings (SSSR count). The summed E-state index contributed by atoms with van der Waals surface area (Å²) in [5, 5.41) is 36.1. The van der Waals surface area contributed by atoms with Gasteiger partial charge in [-0.25, -0.2) is 0 Å². The van der Waals surface area contributed by atoms with Crippen molar-refractivity contribution in [1.29, 1.82) is 5.26 Å². The van der Waals surface area contributed by atoms with Crippen molar-refractivity contribution < 1.29 is 23.4 Å². The Morgan fingerprint density at radius 1 is 1.33 bits per heavy atom. The molecule has 1 unspecified atom stereocenters. The number of nitrogens with zero attached hydrogens (tertiary/aromatic N) is 4. The third-order valence-corrected chi connectivity index (χ3v) is 3.65. The van der Waals surface area contributed by atoms with Gasteiger partial charge in [0.15, 0.2) is 5.69 Å². The van der Waals surface area contributed by atoms with E-state index in [1.807, 2.05) is 0 Å². The van der Waals surface area contributed by atoms with Crippen LogP contribution in [0.15, 0.2) is 39.3 Å². The van der Waals surface area contributed by atoms with E-state index < -0.39 is 29.3 Å². The molecule has 1 aromatic carbocycles. The highest BCUT2D eigenvalue weighted by Crippen LogP contribution is 2.32. The Morgan fingerprint density at radius 3 is 2.56 bits per heavy atom. The molecule has 10 heteroatoms. The molecule has 27 heavy (non-hydrogen) atoms. The van der Waals surface area contributed by atoms with Crippen molar-refractivity contribution in [2.75, 3.05) is 0 Å². The van der Waals surface area contributed by atoms with Gasteiger partial charge in [0.1, 0.15) is 11.6 Å². The maximum Gasteiger partial charge on any atom is 0.416 e. The summed E-state index contributed by atoms with van der Waals surface area (Å²) in [6, 6.07) is 5.78. The zero-order chi connectivity index (χ0) is 20.4. The van der Waals surface area contributed by atoms with Gasteiger partial charge >= 0.3 is 6.18 Å². The number of pyridine rings is 1. The summed E-state index contributed by atoms with van der Waals surface area (Å²) < 4.78 is 39.1. The fourth-order valence-electron chi connectivity index (χ4n) is 2.34. The lowest BCUT2D eigenvalue weighted by atomic mass is 10.1. The second kappa shape index (κ2) is 7.59. The molecule has 142 valence electrons. The number of azo groups is 1. The maximum absolute atomic E-state index is 12.8. The molecular formula is C17H15F3N4O3. The molecule has 0 saturated carbocycles. The molecule has 0 radical (unpaired) electrons. The molecule has 1 heterocycles. The van der Waals surface area contributed by atoms with E-state index in [1.54, 1.807) is 6.07 Å². The normalized spacial score (nSPS) is 12.9. The van der Waals surface area contributed by atoms with E-state index >= 15 is 0 Å². The quantitative estimate of drug-likeness (QED) is 0.790. The van der Waals surface area contributed by atoms with Crippen molar-refractivity contribution in [3.8, 4) is 11.9 Å². The molecular weight excluding hydrogens is 365 g/mol. The van der Waals surface area contributed by atoms with Crippen LogP contribution in [-0.2, 0) is 12.7 Å². The van der Waals surface area contributed by atoms with Gasteiger partial charge in [-0.05, 0) is 32.0 Å². The van der Waals surface area contributed by atoms with E-state index in [-0.39, 0.29) is 29.0 Å². The molecule has 0 fully saturated rings. The minimum absolute atomic E-state index is 0.0255. The number of benzene rings is 1. The predicted octanol–water partition coefficient (Wildman–Crippen LogP) is 3.55. The van der Waals surface area contributed by atoms with Gasteiger partial charge in [0.2, 0.25) is 5.88 Å². The van der Waals surface area contributed by atoms with Crippen molar-refractivity contribution in [3.05, 3.63) is 51.3 Å². The van der Waals surface area contributed by atoms with Crippen LogP contribution in [0.25, 0.3) is 0 Å². The lowest BCUT2D eigenvalue weighted by molar-refractivity contribution is -0.137. The third kappa shape index (κ3) is 4.32. The number of hydrogen-bond acceptors (Lipinski definition) is 6. The highest BCUT2D eigenvalue weighted by Gasteiger charge is 2.30. The minimum Gasteiger partial charge on any atom is -0.493 e. The van der Waals surface area contributed by atoms with Gasteiger partial charge in [-0.3, -0.25) is 9.36 Å². The maximum atomic E-state index is 12.8. The Morgan fingerprint density at radius 2 is 2.00 bits per heavy atom. The van der Waals surface area contributed by atoms with Crippen molar-refractivity contribution in [1.82, 2.24) is 4.57 Å². The Labute approximate surface area is 151 Å². The van der Waals surface area contributed by atoms with Crippen LogP contribution in [0.1, 0.15) is 23.6 Å². The summed E-state index contributed by atoms with van der Waals surface area (Å²) in [5.41, 5.74) is -2.43. The van der Waals surface area contributed by atoms with Crippen molar-refractivity contribution in [2.24, 2.45) is 10.2 Å². The van der Waals surface area contributed by atoms with Gasteiger partial charge in [-0.1, -0.05) is 6.07 Å². The number of hydrogen-bond donors (Lipinski definition) is 2. The zero-order valence-electron chi connectivity index (χ0n) is 14.3. The molecule has 0 aliphatic carbocycles. The minimum atomic E-state index is -4.56. The molecule has 2 N–H and O–H groups in total. The zero-order valence-corrected chi connectivity index (χ0v) is 14.3. The lowest BCUT2D eigenvalue weighted by Gasteiger charge is -2.14. The molecule has 7 nitrogen and oxygen atoms in total. The molecule has 0 amide bonds. The number of aliphatic hydroxyl groups excluding tert-OH is 1. The molecule has 1 aromatic heterocycles. The first-order valence-corrected chi connectivity index (χ1v) is 7.69. The first kappa shape index (κ1) is 20.1. The number of rotatable bonds is 4. The number of nitriles is 1. The first-order chi connectivity index (χ1) is 12.6. The molecule has 0 saturated heterocycles. The second-order valence-electron chi connectivity index (χ2n) is 5.80. The number of aromatic hydroxyl groups is 1. The third-order valence-electron chi connectivity index (χ3n) is 3.65. The summed E-state index contributed by atoms with van der Waals surface area (Å²) >= 11 is 0. The molecule has 0 aliphatic heterocycles. The van der Waals surface area contributed by atoms with Crippen LogP contribution in [0.3, 0.4) is 0 Å². The van der Waals surface area contributed by atoms with Crippen LogP contribution in [-0.4, -0.2) is 20.9 Å². The largest absolute Gasteiger partial charge is 0.493 e. The van der Waals surface area contributed by atoms with Crippen LogP contribution < -0.4 is 5.56 Å². The van der Waals surface area contributed by atoms with E-state index in [0.717, 1.165) is 22.8 Å². The Kier molecular flexibility index (Phi) is 5.66. The number of alkyl halides is 3. The topological polar surface area (TPSA) is 111 Å². The molecule has 0 aliphatic rings. The summed E-state index contributed by atoms with van der Waals surface area (Å²) in [5.74, 6) is -0.626. The standard InChI is InChI=1S/C17H15F3N4O3/c1-9(25)8-24-15(26)13(7-21)10(2)14(16(24)27)23-22-12-5-3-4-11(6-12)17(18,19)20/h3-6,9,25-26H,8H2,1-2H3. The van der Waals surface area contributed by atoms with Gasteiger partial charge in [-0.15, -0.1) is 5.11 Å². The number of aliphatic hydroxyl groups is 1. The summed E-state index contributed by atoms with van der Waals surface area (Å²) in [6.45, 7) is 2.43. The lowest BCUT2D eigenvalue weighted by Crippen LogP contribution is -2.26. The second-order valence-corrected chi connectivity index (χ2v) is 5.80. The van der Waals surface area contributed by atoms with Crippen LogP contribution in [0, 0.1) is 18.3 Å². The smallest absolute Gasteiger partial charge is 0.416 e. The van der Waals surface area contributed by atoms with Gasteiger partial charge in [0, 0.05) is 5.56 Å². The summed E-state index contributed by atoms with van der Waals surface area (Å²) in [4.78, 5) is 12.5. The number of aromatic nitrogens is 1. The van der Waals surface area contributed by atoms with E-state index in [4.69, 9.17) is 0 Å². The van der Waals surface area contributed by atoms with Gasteiger partial charge < -0.3 is 10.2 Å². The SMILES string of the molecule is Cc1c(C#N)c(O)n(CC(C)O)c(=O)c1N=Nc1cccc(C(F)(F)F)c1. The van der Waals surface area contributed by atoms with Crippen molar-refractivity contribution >= 4 is 11.4 Å². The Balaban J connectivity index is 2.58. The highest BCUT2D eigenvalue weighted by atomic mass is 19.4. The number of halogens is 3. The van der Waals surface area contributed by atoms with Crippen LogP contribution >= 0.6 is 0 Å². The predicted molar refractivity (Wildman–Crippen MR) is 89.1 cm³/mol. The van der Waals surface area contributed by atoms with E-state index in [0.29, 0.717) is 0 Å². The van der Waals surface area contributed by atoms with E-state index in [9.17, 15) is 33.4 Å². The monoisotopic (exact) mass is 380 g/mol. The molecule has 2 aromatic rings. The molecule has 1 atom stereocenters. The summed E-state index contributed by atoms with van der Waals surface area (Å²) in [7, 11) is 0. The highest BCUT2D eigenvalue weighted by molar-refractivity contribution is 5.56. The van der Waals surface area contributed by atoms with Crippen LogP contribution in [0.4, 0.5) is 24.5 Å². The van der Waals surface area contributed by atoms with Crippen LogP contribution in [0.2, 0.25) is 0 Å². The average molecular weight is 380 g/mol. The van der Waals surface area contributed by atoms with Crippen LogP contribution in [0.5, 0.6) is 5.88 Å². The van der Waals surface area contributed by atoms with E-state index in [1.165, 1.54) is 19.9 Å². The van der Waals surface area contributed by atoms with Gasteiger partial charge in [0.25, 0.3) is 5.56 Å².